The molecule has 0 saturated carbocycles. The first-order valence-corrected chi connectivity index (χ1v) is 5.07. The van der Waals surface area contributed by atoms with Crippen LogP contribution in [-0.2, 0) is 0 Å². The van der Waals surface area contributed by atoms with Gasteiger partial charge in [0.2, 0.25) is 0 Å². The van der Waals surface area contributed by atoms with Gasteiger partial charge in [-0.05, 0) is 11.1 Å². The molecule has 0 spiro atoms. The summed E-state index contributed by atoms with van der Waals surface area (Å²) in [6, 6.07) is 17.1. The lowest BCUT2D eigenvalue weighted by Crippen LogP contribution is -1.68. The van der Waals surface area contributed by atoms with Crippen LogP contribution >= 0.6 is 0 Å². The van der Waals surface area contributed by atoms with Crippen LogP contribution in [0.2, 0.25) is 0 Å². The molecule has 78 valence electrons. The molecule has 0 heterocycles. The van der Waals surface area contributed by atoms with Gasteiger partial charge in [0.05, 0.1) is 5.48 Å². The third kappa shape index (κ3) is 3.25. The van der Waals surface area contributed by atoms with E-state index < -0.39 is 0 Å². The quantitative estimate of drug-likeness (QED) is 0.658. The predicted octanol–water partition coefficient (Wildman–Crippen LogP) is 4.41. The van der Waals surface area contributed by atoms with Crippen molar-refractivity contribution in [3.8, 4) is 0 Å². The highest BCUT2D eigenvalue weighted by Crippen LogP contribution is 2.03. The Hall–Kier alpha value is -2.08. The van der Waals surface area contributed by atoms with Gasteiger partial charge in [0, 0.05) is 0 Å². The molecule has 0 heteroatoms. The highest BCUT2D eigenvalue weighted by atomic mass is 13.9. The smallest absolute Gasteiger partial charge is 0.0622 e. The molecule has 0 bridgehead atoms. The van der Waals surface area contributed by atoms with E-state index in [0.717, 1.165) is 0 Å². The summed E-state index contributed by atoms with van der Waals surface area (Å²) in [5.74, 6) is 0. The summed E-state index contributed by atoms with van der Waals surface area (Å²) in [6.07, 6.45) is 0. The maximum atomic E-state index is 7.96. The van der Waals surface area contributed by atoms with Crippen LogP contribution in [0.5, 0.6) is 0 Å². The molecule has 0 amide bonds. The van der Waals surface area contributed by atoms with Crippen molar-refractivity contribution < 1.29 is 5.48 Å². The van der Waals surface area contributed by atoms with Crippen molar-refractivity contribution in [1.29, 1.82) is 0 Å². The van der Waals surface area contributed by atoms with Crippen molar-refractivity contribution in [3.05, 3.63) is 83.9 Å². The fourth-order valence-corrected chi connectivity index (χ4v) is 1.25. The zero-order valence-corrected chi connectivity index (χ0v) is 8.77. The van der Waals surface area contributed by atoms with Gasteiger partial charge in [-0.2, -0.15) is 0 Å². The van der Waals surface area contributed by atoms with Gasteiger partial charge in [0.15, 0.2) is 0 Å². The van der Waals surface area contributed by atoms with Crippen molar-refractivity contribution in [2.24, 2.45) is 0 Å². The van der Waals surface area contributed by atoms with Crippen LogP contribution in [0.15, 0.2) is 72.8 Å². The van der Waals surface area contributed by atoms with Crippen LogP contribution in [0.25, 0.3) is 12.1 Å². The zero-order valence-electron chi connectivity index (χ0n) is 12.8. The second kappa shape index (κ2) is 5.72. The first-order valence-electron chi connectivity index (χ1n) is 7.07. The second-order valence-corrected chi connectivity index (χ2v) is 3.23. The van der Waals surface area contributed by atoms with Crippen molar-refractivity contribution in [2.45, 2.75) is 0 Å². The Morgan fingerprint density at radius 1 is 0.625 bits per heavy atom. The molecule has 16 heavy (non-hydrogen) atoms. The molecular weight excluding hydrogens is 192 g/mol. The first-order chi connectivity index (χ1) is 9.61. The Kier molecular flexibility index (Phi) is 2.32. The van der Waals surface area contributed by atoms with Crippen LogP contribution in [-0.4, -0.2) is 0 Å². The van der Waals surface area contributed by atoms with Gasteiger partial charge >= 0.3 is 0 Å². The summed E-state index contributed by atoms with van der Waals surface area (Å²) in [4.78, 5) is 0. The number of benzene rings is 2. The fourth-order valence-electron chi connectivity index (χ4n) is 1.25. The summed E-state index contributed by atoms with van der Waals surface area (Å²) >= 11 is 0. The third-order valence-corrected chi connectivity index (χ3v) is 2.02. The minimum Gasteiger partial charge on any atom is -0.0622 e. The average molecular weight is 210 g/mol. The van der Waals surface area contributed by atoms with Crippen LogP contribution in [0.1, 0.15) is 16.6 Å². The van der Waals surface area contributed by atoms with Gasteiger partial charge in [-0.1, -0.05) is 84.9 Å². The molecule has 0 aliphatic heterocycles. The Morgan fingerprint density at radius 2 is 1.00 bits per heavy atom. The second-order valence-electron chi connectivity index (χ2n) is 3.23. The molecule has 0 saturated heterocycles. The van der Waals surface area contributed by atoms with E-state index in [4.69, 9.17) is 5.48 Å². The van der Waals surface area contributed by atoms with E-state index in [2.05, 4.69) is 0 Å². The Labute approximate surface area is 102 Å². The van der Waals surface area contributed by atoms with Crippen LogP contribution in [0.4, 0.5) is 0 Å². The predicted molar refractivity (Wildman–Crippen MR) is 71.0 cm³/mol. The Balaban J connectivity index is 2.44. The van der Waals surface area contributed by atoms with Gasteiger partial charge in [-0.25, -0.2) is 0 Å². The standard InChI is InChI=1S/C16H14/c1-3-9-15(10-4-1)13-7-8-14-16-11-5-2-6-12-16/h1-14H/b13-7+,14-8+/i7D,8D,13D,14D. The number of allylic oxidation sites excluding steroid dienone is 2. The van der Waals surface area contributed by atoms with Crippen LogP contribution in [0, 0.1) is 0 Å². The molecule has 0 aliphatic rings. The van der Waals surface area contributed by atoms with Crippen LogP contribution < -0.4 is 0 Å². The normalized spacial score (nSPS) is 17.2. The minimum absolute atomic E-state index is 0.0451. The molecule has 0 radical (unpaired) electrons. The van der Waals surface area contributed by atoms with Crippen LogP contribution in [0.3, 0.4) is 0 Å². The minimum atomic E-state index is -0.245. The zero-order chi connectivity index (χ0) is 14.5. The van der Waals surface area contributed by atoms with E-state index >= 15 is 0 Å². The molecule has 2 aromatic carbocycles. The highest BCUT2D eigenvalue weighted by molar-refractivity contribution is 5.56. The van der Waals surface area contributed by atoms with Crippen molar-refractivity contribution in [3.63, 3.8) is 0 Å². The maximum absolute atomic E-state index is 7.96. The lowest BCUT2D eigenvalue weighted by Gasteiger charge is -1.90. The SMILES string of the molecule is [2H]C(/C([2H])=C(\[2H])c1ccccc1)=C(/[2H])c1ccccc1. The van der Waals surface area contributed by atoms with Gasteiger partial charge in [0.1, 0.15) is 0 Å². The largest absolute Gasteiger partial charge is 0.0629 e. The van der Waals surface area contributed by atoms with Gasteiger partial charge in [0.25, 0.3) is 0 Å². The molecule has 0 aliphatic carbocycles. The summed E-state index contributed by atoms with van der Waals surface area (Å²) in [6.45, 7) is 0. The summed E-state index contributed by atoms with van der Waals surface area (Å²) in [5, 5.41) is 0. The third-order valence-electron chi connectivity index (χ3n) is 2.02. The first kappa shape index (κ1) is 6.49. The van der Waals surface area contributed by atoms with Crippen molar-refractivity contribution >= 4 is 12.1 Å². The maximum Gasteiger partial charge on any atom is 0.0629 e. The molecule has 0 unspecified atom stereocenters. The molecule has 0 atom stereocenters. The van der Waals surface area contributed by atoms with Gasteiger partial charge < -0.3 is 0 Å². The van der Waals surface area contributed by atoms with E-state index in [9.17, 15) is 0 Å². The molecule has 2 aromatic rings. The fraction of sp³-hybridized carbons (Fsp3) is 0. The van der Waals surface area contributed by atoms with E-state index in [-0.39, 0.29) is 24.2 Å². The number of hydrogen-bond donors (Lipinski definition) is 0. The van der Waals surface area contributed by atoms with Gasteiger partial charge in [-0.15, -0.1) is 0 Å². The lowest BCUT2D eigenvalue weighted by molar-refractivity contribution is 1.65. The van der Waals surface area contributed by atoms with E-state index in [1.165, 1.54) is 0 Å². The average Bonchev–Trinajstić information content (AvgIpc) is 2.53. The summed E-state index contributed by atoms with van der Waals surface area (Å²) < 4.78 is 31.8. The van der Waals surface area contributed by atoms with Gasteiger partial charge in [-0.3, -0.25) is 0 Å². The van der Waals surface area contributed by atoms with E-state index in [1.54, 1.807) is 48.5 Å². The Morgan fingerprint density at radius 3 is 1.38 bits per heavy atom. The van der Waals surface area contributed by atoms with E-state index in [0.29, 0.717) is 11.1 Å². The monoisotopic (exact) mass is 210 g/mol. The number of hydrogen-bond acceptors (Lipinski definition) is 0. The molecule has 0 nitrogen and oxygen atoms in total. The number of rotatable bonds is 3. The lowest BCUT2D eigenvalue weighted by atomic mass is 10.2. The Bertz CT molecular complexity index is 583. The molecule has 0 aromatic heterocycles. The topological polar surface area (TPSA) is 0 Å². The molecule has 0 fully saturated rings. The molecule has 0 N–H and O–H groups in total. The molecule has 2 rings (SSSR count). The molecular formula is C16H14. The summed E-state index contributed by atoms with van der Waals surface area (Å²) in [5.41, 5.74) is 1.14. The van der Waals surface area contributed by atoms with Crippen molar-refractivity contribution in [1.82, 2.24) is 0 Å². The van der Waals surface area contributed by atoms with E-state index in [1.807, 2.05) is 12.1 Å². The highest BCUT2D eigenvalue weighted by Gasteiger charge is 1.81. The summed E-state index contributed by atoms with van der Waals surface area (Å²) in [7, 11) is 0. The van der Waals surface area contributed by atoms with Crippen molar-refractivity contribution in [2.75, 3.05) is 0 Å².